The Morgan fingerprint density at radius 1 is 1.07 bits per heavy atom. The molecule has 0 saturated heterocycles. The molecule has 0 bridgehead atoms. The summed E-state index contributed by atoms with van der Waals surface area (Å²) in [6.45, 7) is 1.24. The Labute approximate surface area is 190 Å². The molecule has 2 rings (SSSR count). The minimum absolute atomic E-state index is 0.0464. The summed E-state index contributed by atoms with van der Waals surface area (Å²) < 4.78 is 36.1. The summed E-state index contributed by atoms with van der Waals surface area (Å²) in [6, 6.07) is 7.31. The van der Waals surface area contributed by atoms with Crippen molar-refractivity contribution in [3.63, 3.8) is 0 Å². The van der Waals surface area contributed by atoms with E-state index in [2.05, 4.69) is 5.32 Å². The van der Waals surface area contributed by atoms with E-state index in [1.165, 1.54) is 26.4 Å². The lowest BCUT2D eigenvalue weighted by molar-refractivity contribution is -0.120. The van der Waals surface area contributed by atoms with Crippen LogP contribution >= 0.6 is 34.8 Å². The first-order chi connectivity index (χ1) is 14.0. The summed E-state index contributed by atoms with van der Waals surface area (Å²) in [5.74, 6) is 0.586. The minimum Gasteiger partial charge on any atom is -0.497 e. The largest absolute Gasteiger partial charge is 0.497 e. The Kier molecular flexibility index (Phi) is 8.10. The number of hydrogen-bond acceptors (Lipinski definition) is 5. The second kappa shape index (κ2) is 9.96. The normalized spacial score (nSPS) is 12.2. The standard InChI is InChI=1S/C19H21Cl3N2O5S/c1-11(13-7-12(28-2)5-6-18(13)29-3)23-19(25)10-24(30(4,26)27)17-9-15(21)14(20)8-16(17)22/h5-9,11H,10H2,1-4H3,(H,23,25). The molecule has 0 aliphatic heterocycles. The monoisotopic (exact) mass is 494 g/mol. The van der Waals surface area contributed by atoms with Gasteiger partial charge in [-0.25, -0.2) is 8.42 Å². The molecule has 0 radical (unpaired) electrons. The van der Waals surface area contributed by atoms with E-state index in [-0.39, 0.29) is 20.8 Å². The van der Waals surface area contributed by atoms with Crippen molar-refractivity contribution in [3.05, 3.63) is 51.0 Å². The van der Waals surface area contributed by atoms with E-state index in [1.54, 1.807) is 25.1 Å². The SMILES string of the molecule is COc1ccc(OC)c(C(C)NC(=O)CN(c2cc(Cl)c(Cl)cc2Cl)S(C)(=O)=O)c1. The van der Waals surface area contributed by atoms with Crippen LogP contribution in [0.25, 0.3) is 0 Å². The molecule has 11 heteroatoms. The van der Waals surface area contributed by atoms with Crippen LogP contribution in [0.3, 0.4) is 0 Å². The predicted molar refractivity (Wildman–Crippen MR) is 120 cm³/mol. The van der Waals surface area contributed by atoms with Gasteiger partial charge in [-0.15, -0.1) is 0 Å². The summed E-state index contributed by atoms with van der Waals surface area (Å²) in [7, 11) is -0.808. The van der Waals surface area contributed by atoms with Crippen LogP contribution in [0, 0.1) is 0 Å². The summed E-state index contributed by atoms with van der Waals surface area (Å²) in [5, 5.41) is 3.08. The van der Waals surface area contributed by atoms with Gasteiger partial charge < -0.3 is 14.8 Å². The Balaban J connectivity index is 2.29. The molecule has 30 heavy (non-hydrogen) atoms. The summed E-state index contributed by atoms with van der Waals surface area (Å²) >= 11 is 18.1. The maximum atomic E-state index is 12.7. The van der Waals surface area contributed by atoms with Crippen LogP contribution in [0.1, 0.15) is 18.5 Å². The van der Waals surface area contributed by atoms with Gasteiger partial charge in [-0.2, -0.15) is 0 Å². The first-order valence-corrected chi connectivity index (χ1v) is 11.6. The van der Waals surface area contributed by atoms with Gasteiger partial charge in [0.2, 0.25) is 15.9 Å². The lowest BCUT2D eigenvalue weighted by atomic mass is 10.1. The number of carbonyl (C=O) groups is 1. The number of hydrogen-bond donors (Lipinski definition) is 1. The van der Waals surface area contributed by atoms with Crippen LogP contribution in [0.15, 0.2) is 30.3 Å². The number of sulfonamides is 1. The van der Waals surface area contributed by atoms with Gasteiger partial charge >= 0.3 is 0 Å². The van der Waals surface area contributed by atoms with E-state index in [1.807, 2.05) is 0 Å². The zero-order valence-electron chi connectivity index (χ0n) is 16.7. The first-order valence-electron chi connectivity index (χ1n) is 8.61. The first kappa shape index (κ1) is 24.4. The van der Waals surface area contributed by atoms with Crippen LogP contribution in [0.4, 0.5) is 5.69 Å². The number of ether oxygens (including phenoxy) is 2. The number of nitrogens with zero attached hydrogens (tertiary/aromatic N) is 1. The second-order valence-electron chi connectivity index (χ2n) is 6.38. The van der Waals surface area contributed by atoms with Crippen LogP contribution in [-0.2, 0) is 14.8 Å². The Morgan fingerprint density at radius 2 is 1.70 bits per heavy atom. The van der Waals surface area contributed by atoms with Crippen molar-refractivity contribution in [2.75, 3.05) is 31.3 Å². The van der Waals surface area contributed by atoms with Gasteiger partial charge in [0.05, 0.1) is 47.3 Å². The second-order valence-corrected chi connectivity index (χ2v) is 9.51. The third-order valence-corrected chi connectivity index (χ3v) is 6.38. The molecule has 164 valence electrons. The molecule has 0 aliphatic rings. The lowest BCUT2D eigenvalue weighted by Crippen LogP contribution is -2.41. The average Bonchev–Trinajstić information content (AvgIpc) is 2.67. The molecule has 0 aliphatic carbocycles. The molecule has 7 nitrogen and oxygen atoms in total. The number of amides is 1. The molecule has 2 aromatic carbocycles. The molecule has 1 N–H and O–H groups in total. The third kappa shape index (κ3) is 5.85. The molecule has 1 atom stereocenters. The number of rotatable bonds is 8. The van der Waals surface area contributed by atoms with Gasteiger partial charge in [0.15, 0.2) is 0 Å². The maximum Gasteiger partial charge on any atom is 0.241 e. The number of halogens is 3. The molecule has 1 unspecified atom stereocenters. The van der Waals surface area contributed by atoms with Gasteiger partial charge in [-0.3, -0.25) is 9.10 Å². The van der Waals surface area contributed by atoms with E-state index in [9.17, 15) is 13.2 Å². The number of nitrogens with one attached hydrogen (secondary N) is 1. The quantitative estimate of drug-likeness (QED) is 0.552. The van der Waals surface area contributed by atoms with E-state index in [0.717, 1.165) is 10.6 Å². The number of benzene rings is 2. The van der Waals surface area contributed by atoms with Crippen LogP contribution < -0.4 is 19.1 Å². The van der Waals surface area contributed by atoms with Crippen LogP contribution in [0.2, 0.25) is 15.1 Å². The molecule has 1 amide bonds. The Bertz CT molecular complexity index is 1050. The summed E-state index contributed by atoms with van der Waals surface area (Å²) in [4.78, 5) is 12.7. The third-order valence-electron chi connectivity index (χ3n) is 4.23. The zero-order chi connectivity index (χ0) is 22.6. The molecule has 0 saturated carbocycles. The fourth-order valence-electron chi connectivity index (χ4n) is 2.76. The van der Waals surface area contributed by atoms with E-state index in [0.29, 0.717) is 17.1 Å². The number of carbonyl (C=O) groups excluding carboxylic acids is 1. The highest BCUT2D eigenvalue weighted by molar-refractivity contribution is 7.92. The summed E-state index contributed by atoms with van der Waals surface area (Å²) in [6.07, 6.45) is 0.966. The van der Waals surface area contributed by atoms with Gasteiger partial charge in [-0.1, -0.05) is 34.8 Å². The molecule has 2 aromatic rings. The predicted octanol–water partition coefficient (Wildman–Crippen LogP) is 4.31. The minimum atomic E-state index is -3.85. The fraction of sp³-hybridized carbons (Fsp3) is 0.316. The maximum absolute atomic E-state index is 12.7. The van der Waals surface area contributed by atoms with Crippen molar-refractivity contribution in [1.29, 1.82) is 0 Å². The zero-order valence-corrected chi connectivity index (χ0v) is 19.8. The van der Waals surface area contributed by atoms with Crippen molar-refractivity contribution in [2.24, 2.45) is 0 Å². The van der Waals surface area contributed by atoms with Crippen molar-refractivity contribution < 1.29 is 22.7 Å². The Hall–Kier alpha value is -1.87. The summed E-state index contributed by atoms with van der Waals surface area (Å²) in [5.41, 5.74) is 0.721. The molecular weight excluding hydrogens is 475 g/mol. The smallest absolute Gasteiger partial charge is 0.241 e. The molecule has 0 heterocycles. The molecular formula is C19H21Cl3N2O5S. The van der Waals surface area contributed by atoms with Gasteiger partial charge in [-0.05, 0) is 37.3 Å². The fourth-order valence-corrected chi connectivity index (χ4v) is 4.31. The van der Waals surface area contributed by atoms with E-state index in [4.69, 9.17) is 44.3 Å². The van der Waals surface area contributed by atoms with Crippen molar-refractivity contribution in [2.45, 2.75) is 13.0 Å². The highest BCUT2D eigenvalue weighted by Gasteiger charge is 2.25. The van der Waals surface area contributed by atoms with E-state index >= 15 is 0 Å². The van der Waals surface area contributed by atoms with Crippen LogP contribution in [-0.4, -0.2) is 41.3 Å². The highest BCUT2D eigenvalue weighted by Crippen LogP contribution is 2.35. The van der Waals surface area contributed by atoms with Crippen molar-refractivity contribution >= 4 is 56.4 Å². The number of anilines is 1. The molecule has 0 fully saturated rings. The topological polar surface area (TPSA) is 84.9 Å². The van der Waals surface area contributed by atoms with Gasteiger partial charge in [0.25, 0.3) is 0 Å². The van der Waals surface area contributed by atoms with Crippen LogP contribution in [0.5, 0.6) is 11.5 Å². The van der Waals surface area contributed by atoms with Crippen molar-refractivity contribution in [3.8, 4) is 11.5 Å². The molecule has 0 spiro atoms. The van der Waals surface area contributed by atoms with E-state index < -0.39 is 28.5 Å². The molecule has 0 aromatic heterocycles. The average molecular weight is 496 g/mol. The number of methoxy groups -OCH3 is 2. The van der Waals surface area contributed by atoms with Gasteiger partial charge in [0.1, 0.15) is 18.0 Å². The lowest BCUT2D eigenvalue weighted by Gasteiger charge is -2.25. The Morgan fingerprint density at radius 3 is 2.27 bits per heavy atom. The van der Waals surface area contributed by atoms with Gasteiger partial charge in [0, 0.05) is 5.56 Å². The highest BCUT2D eigenvalue weighted by atomic mass is 35.5. The van der Waals surface area contributed by atoms with Crippen molar-refractivity contribution in [1.82, 2.24) is 5.32 Å².